The Balaban J connectivity index is 2.03. The smallest absolute Gasteiger partial charge is 0.247 e. The van der Waals surface area contributed by atoms with Crippen LogP contribution in [0, 0.1) is 9.49 Å². The molecule has 0 saturated carbocycles. The second-order valence-electron chi connectivity index (χ2n) is 10.9. The molecule has 0 saturated heterocycles. The monoisotopic (exact) mass is 726 g/mol. The molecule has 12 heteroatoms. The van der Waals surface area contributed by atoms with Crippen LogP contribution in [0.25, 0.3) is 0 Å². The number of carbonyl (C=O) groups is 2. The molecule has 0 bridgehead atoms. The van der Waals surface area contributed by atoms with E-state index in [9.17, 15) is 24.9 Å². The third kappa shape index (κ3) is 8.99. The van der Waals surface area contributed by atoms with E-state index in [0.717, 1.165) is 5.56 Å². The van der Waals surface area contributed by atoms with Crippen LogP contribution in [0.5, 0.6) is 23.0 Å². The first kappa shape index (κ1) is 35.4. The average molecular weight is 727 g/mol. The molecule has 242 valence electrons. The number of hydrogen-bond donors (Lipinski definition) is 4. The summed E-state index contributed by atoms with van der Waals surface area (Å²) in [7, 11) is 4.62. The summed E-state index contributed by atoms with van der Waals surface area (Å²) in [5.74, 6) is 1.45. The van der Waals surface area contributed by atoms with E-state index in [4.69, 9.17) is 18.9 Å². The number of aliphatic hydroxyl groups excluding tert-OH is 3. The Morgan fingerprint density at radius 2 is 1.80 bits per heavy atom. The van der Waals surface area contributed by atoms with Crippen LogP contribution >= 0.6 is 22.6 Å². The van der Waals surface area contributed by atoms with Crippen molar-refractivity contribution in [1.82, 2.24) is 10.2 Å². The summed E-state index contributed by atoms with van der Waals surface area (Å²) < 4.78 is 23.4. The summed E-state index contributed by atoms with van der Waals surface area (Å²) in [5.41, 5.74) is 1.77. The summed E-state index contributed by atoms with van der Waals surface area (Å²) in [6, 6.07) is 8.03. The molecule has 1 aliphatic carbocycles. The standard InChI is InChI=1S/C32H43IN2O9/c1-19(2)12-29(38)35(10-8-21-15-23(41-3)6-7-26(21)42-4)25-16-22(32(40)34-9-11-36)17-27(30(25)39)44-31-24(33)13-20(18-37)14-28(31)43-5/h6-7,13-15,17,19,25,27,30,36-37,39H,8-12,16,18H2,1-5H3,(H,34,40). The van der Waals surface area contributed by atoms with E-state index in [1.807, 2.05) is 19.9 Å². The molecule has 0 aromatic heterocycles. The third-order valence-electron chi connectivity index (χ3n) is 7.35. The zero-order valence-electron chi connectivity index (χ0n) is 25.8. The van der Waals surface area contributed by atoms with E-state index < -0.39 is 24.2 Å². The zero-order chi connectivity index (χ0) is 32.4. The van der Waals surface area contributed by atoms with Crippen molar-refractivity contribution in [2.45, 2.75) is 58.0 Å². The van der Waals surface area contributed by atoms with Crippen molar-refractivity contribution in [2.75, 3.05) is 41.0 Å². The van der Waals surface area contributed by atoms with Crippen molar-refractivity contribution in [2.24, 2.45) is 5.92 Å². The van der Waals surface area contributed by atoms with Gasteiger partial charge < -0.3 is 44.5 Å². The number of methoxy groups -OCH3 is 3. The Kier molecular flexibility index (Phi) is 13.6. The molecule has 11 nitrogen and oxygen atoms in total. The number of rotatable bonds is 15. The lowest BCUT2D eigenvalue weighted by Crippen LogP contribution is -2.55. The van der Waals surface area contributed by atoms with Crippen LogP contribution in [-0.4, -0.2) is 91.3 Å². The highest BCUT2D eigenvalue weighted by molar-refractivity contribution is 14.1. The maximum absolute atomic E-state index is 13.8. The molecular weight excluding hydrogens is 683 g/mol. The summed E-state index contributed by atoms with van der Waals surface area (Å²) in [6.45, 7) is 3.75. The number of amides is 2. The van der Waals surface area contributed by atoms with Gasteiger partial charge in [-0.05, 0) is 82.5 Å². The molecule has 0 heterocycles. The number of halogens is 1. The van der Waals surface area contributed by atoms with E-state index in [0.29, 0.717) is 44.1 Å². The van der Waals surface area contributed by atoms with Crippen molar-refractivity contribution in [3.63, 3.8) is 0 Å². The van der Waals surface area contributed by atoms with Crippen molar-refractivity contribution in [3.8, 4) is 23.0 Å². The highest BCUT2D eigenvalue weighted by Gasteiger charge is 2.41. The minimum atomic E-state index is -1.20. The molecule has 0 radical (unpaired) electrons. The van der Waals surface area contributed by atoms with E-state index >= 15 is 0 Å². The van der Waals surface area contributed by atoms with Crippen molar-refractivity contribution < 1.29 is 43.9 Å². The minimum absolute atomic E-state index is 0.0505. The lowest BCUT2D eigenvalue weighted by atomic mass is 9.87. The van der Waals surface area contributed by atoms with Crippen LogP contribution in [0.15, 0.2) is 42.0 Å². The molecule has 2 amide bonds. The molecule has 0 spiro atoms. The number of aliphatic hydroxyl groups is 3. The number of ether oxygens (including phenoxy) is 4. The van der Waals surface area contributed by atoms with E-state index in [1.54, 1.807) is 49.5 Å². The van der Waals surface area contributed by atoms with Crippen molar-refractivity contribution in [1.29, 1.82) is 0 Å². The molecule has 0 fully saturated rings. The van der Waals surface area contributed by atoms with E-state index in [1.165, 1.54) is 7.11 Å². The van der Waals surface area contributed by atoms with Crippen LogP contribution in [-0.2, 0) is 22.6 Å². The Bertz CT molecular complexity index is 1320. The number of hydrogen-bond acceptors (Lipinski definition) is 9. The first-order chi connectivity index (χ1) is 21.1. The maximum Gasteiger partial charge on any atom is 0.247 e. The van der Waals surface area contributed by atoms with Gasteiger partial charge in [0.05, 0.1) is 44.2 Å². The van der Waals surface area contributed by atoms with Crippen molar-refractivity contribution >= 4 is 34.4 Å². The van der Waals surface area contributed by atoms with Gasteiger partial charge >= 0.3 is 0 Å². The van der Waals surface area contributed by atoms with Gasteiger partial charge in [-0.25, -0.2) is 0 Å². The normalized spacial score (nSPS) is 18.0. The fourth-order valence-electron chi connectivity index (χ4n) is 5.15. The van der Waals surface area contributed by atoms with E-state index in [2.05, 4.69) is 27.9 Å². The average Bonchev–Trinajstić information content (AvgIpc) is 3.01. The molecule has 44 heavy (non-hydrogen) atoms. The topological polar surface area (TPSA) is 147 Å². The van der Waals surface area contributed by atoms with Gasteiger partial charge in [-0.3, -0.25) is 9.59 Å². The first-order valence-electron chi connectivity index (χ1n) is 14.5. The molecule has 3 unspecified atom stereocenters. The Labute approximate surface area is 272 Å². The van der Waals surface area contributed by atoms with E-state index in [-0.39, 0.29) is 51.0 Å². The van der Waals surface area contributed by atoms with Gasteiger partial charge in [0.2, 0.25) is 11.8 Å². The van der Waals surface area contributed by atoms with Gasteiger partial charge in [-0.1, -0.05) is 13.8 Å². The summed E-state index contributed by atoms with van der Waals surface area (Å²) in [4.78, 5) is 28.6. The van der Waals surface area contributed by atoms with Gasteiger partial charge in [-0.15, -0.1) is 0 Å². The molecule has 2 aromatic rings. The number of nitrogens with one attached hydrogen (secondary N) is 1. The number of carbonyl (C=O) groups excluding carboxylic acids is 2. The van der Waals surface area contributed by atoms with Gasteiger partial charge in [0.1, 0.15) is 23.7 Å². The maximum atomic E-state index is 13.8. The van der Waals surface area contributed by atoms with Gasteiger partial charge in [0.25, 0.3) is 0 Å². The summed E-state index contributed by atoms with van der Waals surface area (Å²) in [6.07, 6.45) is 0.0589. The fourth-order valence-corrected chi connectivity index (χ4v) is 5.95. The molecule has 1 aliphatic rings. The first-order valence-corrected chi connectivity index (χ1v) is 15.6. The molecule has 4 N–H and O–H groups in total. The summed E-state index contributed by atoms with van der Waals surface area (Å²) >= 11 is 2.06. The highest BCUT2D eigenvalue weighted by Crippen LogP contribution is 2.37. The molecule has 3 atom stereocenters. The third-order valence-corrected chi connectivity index (χ3v) is 8.15. The summed E-state index contributed by atoms with van der Waals surface area (Å²) in [5, 5.41) is 33.4. The van der Waals surface area contributed by atoms with Crippen LogP contribution in [0.1, 0.15) is 37.8 Å². The Hall–Kier alpha value is -3.07. The van der Waals surface area contributed by atoms with Crippen LogP contribution < -0.4 is 24.3 Å². The molecule has 2 aromatic carbocycles. The quantitative estimate of drug-likeness (QED) is 0.204. The lowest BCUT2D eigenvalue weighted by molar-refractivity contribution is -0.139. The molecule has 0 aliphatic heterocycles. The number of benzene rings is 2. The second kappa shape index (κ2) is 16.8. The largest absolute Gasteiger partial charge is 0.497 e. The predicted octanol–water partition coefficient (Wildman–Crippen LogP) is 2.84. The highest BCUT2D eigenvalue weighted by atomic mass is 127. The number of nitrogens with zero attached hydrogens (tertiary/aromatic N) is 1. The SMILES string of the molecule is COc1ccc(OC)c(CCN(C(=O)CC(C)C)C2CC(C(=O)NCCO)=CC(Oc3c(I)cc(CO)cc3OC)C2O)c1. The molecule has 3 rings (SSSR count). The van der Waals surface area contributed by atoms with Crippen LogP contribution in [0.3, 0.4) is 0 Å². The van der Waals surface area contributed by atoms with Crippen molar-refractivity contribution in [3.05, 3.63) is 56.7 Å². The Morgan fingerprint density at radius 1 is 1.07 bits per heavy atom. The Morgan fingerprint density at radius 3 is 2.41 bits per heavy atom. The zero-order valence-corrected chi connectivity index (χ0v) is 28.0. The molecular formula is C32H43IN2O9. The van der Waals surface area contributed by atoms with Crippen LogP contribution in [0.4, 0.5) is 0 Å². The predicted molar refractivity (Wildman–Crippen MR) is 173 cm³/mol. The van der Waals surface area contributed by atoms with Gasteiger partial charge in [0, 0.05) is 31.5 Å². The second-order valence-corrected chi connectivity index (χ2v) is 12.1. The van der Waals surface area contributed by atoms with Gasteiger partial charge in [0.15, 0.2) is 11.5 Å². The lowest BCUT2D eigenvalue weighted by Gasteiger charge is -2.41. The fraction of sp³-hybridized carbons (Fsp3) is 0.500. The van der Waals surface area contributed by atoms with Gasteiger partial charge in [-0.2, -0.15) is 0 Å². The minimum Gasteiger partial charge on any atom is -0.497 e. The van der Waals surface area contributed by atoms with Crippen LogP contribution in [0.2, 0.25) is 0 Å².